The van der Waals surface area contributed by atoms with E-state index in [4.69, 9.17) is 11.6 Å². The lowest BCUT2D eigenvalue weighted by atomic mass is 9.97. The number of anilines is 1. The predicted molar refractivity (Wildman–Crippen MR) is 103 cm³/mol. The average molecular weight is 483 g/mol. The maximum absolute atomic E-state index is 13.4. The fourth-order valence-corrected chi connectivity index (χ4v) is 4.92. The molecule has 1 aliphatic rings. The molecule has 1 N–H and O–H groups in total. The Balaban J connectivity index is 1.65. The summed E-state index contributed by atoms with van der Waals surface area (Å²) in [6, 6.07) is 5.23. The summed E-state index contributed by atoms with van der Waals surface area (Å²) in [6.45, 7) is -0.123. The van der Waals surface area contributed by atoms with Gasteiger partial charge in [0.25, 0.3) is 0 Å². The van der Waals surface area contributed by atoms with Crippen LogP contribution in [0, 0.1) is 17.6 Å². The van der Waals surface area contributed by atoms with Crippen molar-refractivity contribution >= 4 is 33.2 Å². The highest BCUT2D eigenvalue weighted by atomic mass is 35.5. The van der Waals surface area contributed by atoms with Gasteiger partial charge in [0.15, 0.2) is 11.6 Å². The van der Waals surface area contributed by atoms with Gasteiger partial charge in [0.1, 0.15) is 0 Å². The van der Waals surface area contributed by atoms with Gasteiger partial charge < -0.3 is 5.32 Å². The van der Waals surface area contributed by atoms with Crippen molar-refractivity contribution in [3.8, 4) is 0 Å². The first-order chi connectivity index (χ1) is 14.4. The number of carbonyl (C=O) groups is 1. The SMILES string of the molecule is O=C(Nc1ccc(Cl)c(C(F)(F)F)c1)C1CCN(S(=O)(=O)c2ccc(F)c(F)c2)CC1. The molecular formula is C19H16ClF5N2O3S. The van der Waals surface area contributed by atoms with Crippen LogP contribution in [0.2, 0.25) is 5.02 Å². The van der Waals surface area contributed by atoms with Crippen LogP contribution < -0.4 is 5.32 Å². The number of nitrogens with one attached hydrogen (secondary N) is 1. The topological polar surface area (TPSA) is 66.5 Å². The number of benzene rings is 2. The van der Waals surface area contributed by atoms with Crippen molar-refractivity contribution in [3.05, 3.63) is 58.6 Å². The number of nitrogens with zero attached hydrogens (tertiary/aromatic N) is 1. The van der Waals surface area contributed by atoms with E-state index in [2.05, 4.69) is 5.32 Å². The molecule has 12 heteroatoms. The van der Waals surface area contributed by atoms with E-state index >= 15 is 0 Å². The molecule has 2 aromatic rings. The average Bonchev–Trinajstić information content (AvgIpc) is 2.70. The molecule has 5 nitrogen and oxygen atoms in total. The van der Waals surface area contributed by atoms with E-state index in [1.165, 1.54) is 6.07 Å². The molecule has 0 unspecified atom stereocenters. The number of piperidine rings is 1. The maximum Gasteiger partial charge on any atom is 0.417 e. The van der Waals surface area contributed by atoms with Crippen molar-refractivity contribution in [2.45, 2.75) is 23.9 Å². The Bertz CT molecular complexity index is 1100. The summed E-state index contributed by atoms with van der Waals surface area (Å²) >= 11 is 5.55. The molecule has 31 heavy (non-hydrogen) atoms. The molecule has 2 aromatic carbocycles. The highest BCUT2D eigenvalue weighted by Gasteiger charge is 2.35. The number of sulfonamides is 1. The van der Waals surface area contributed by atoms with Crippen molar-refractivity contribution in [1.29, 1.82) is 0 Å². The first-order valence-electron chi connectivity index (χ1n) is 9.02. The van der Waals surface area contributed by atoms with Gasteiger partial charge >= 0.3 is 6.18 Å². The molecule has 168 valence electrons. The molecular weight excluding hydrogens is 467 g/mol. The van der Waals surface area contributed by atoms with Gasteiger partial charge in [-0.1, -0.05) is 11.6 Å². The molecule has 0 spiro atoms. The second kappa shape index (κ2) is 8.71. The van der Waals surface area contributed by atoms with E-state index in [1.807, 2.05) is 0 Å². The van der Waals surface area contributed by atoms with Gasteiger partial charge in [0.2, 0.25) is 15.9 Å². The second-order valence-corrected chi connectivity index (χ2v) is 9.28. The van der Waals surface area contributed by atoms with Crippen LogP contribution >= 0.6 is 11.6 Å². The van der Waals surface area contributed by atoms with Gasteiger partial charge in [-0.3, -0.25) is 4.79 Å². The molecule has 0 bridgehead atoms. The minimum Gasteiger partial charge on any atom is -0.326 e. The summed E-state index contributed by atoms with van der Waals surface area (Å²) in [6.07, 6.45) is -4.47. The van der Waals surface area contributed by atoms with E-state index in [9.17, 15) is 35.2 Å². The van der Waals surface area contributed by atoms with Crippen LogP contribution in [0.25, 0.3) is 0 Å². The second-order valence-electron chi connectivity index (χ2n) is 6.94. The van der Waals surface area contributed by atoms with Crippen LogP contribution in [-0.2, 0) is 21.0 Å². The van der Waals surface area contributed by atoms with Crippen molar-refractivity contribution in [3.63, 3.8) is 0 Å². The molecule has 0 radical (unpaired) electrons. The number of halogens is 6. The summed E-state index contributed by atoms with van der Waals surface area (Å²) in [5, 5.41) is 1.89. The van der Waals surface area contributed by atoms with Gasteiger partial charge in [-0.2, -0.15) is 17.5 Å². The molecule has 0 atom stereocenters. The van der Waals surface area contributed by atoms with Crippen LogP contribution in [0.3, 0.4) is 0 Å². The van der Waals surface area contributed by atoms with Gasteiger partial charge in [0, 0.05) is 24.7 Å². The van der Waals surface area contributed by atoms with Crippen molar-refractivity contribution in [2.24, 2.45) is 5.92 Å². The largest absolute Gasteiger partial charge is 0.417 e. The molecule has 0 aromatic heterocycles. The number of hydrogen-bond acceptors (Lipinski definition) is 3. The Morgan fingerprint density at radius 3 is 2.26 bits per heavy atom. The summed E-state index contributed by atoms with van der Waals surface area (Å²) in [5.74, 6) is -3.66. The molecule has 1 fully saturated rings. The summed E-state index contributed by atoms with van der Waals surface area (Å²) in [7, 11) is -4.08. The summed E-state index contributed by atoms with van der Waals surface area (Å²) in [5.41, 5.74) is -1.17. The minimum absolute atomic E-state index is 0.0617. The summed E-state index contributed by atoms with van der Waals surface area (Å²) in [4.78, 5) is 12.0. The van der Waals surface area contributed by atoms with E-state index in [-0.39, 0.29) is 31.6 Å². The highest BCUT2D eigenvalue weighted by molar-refractivity contribution is 7.89. The Kier molecular flexibility index (Phi) is 6.59. The third-order valence-electron chi connectivity index (χ3n) is 4.89. The molecule has 0 saturated carbocycles. The van der Waals surface area contributed by atoms with Gasteiger partial charge in [-0.25, -0.2) is 17.2 Å². The van der Waals surface area contributed by atoms with Gasteiger partial charge in [-0.15, -0.1) is 0 Å². The number of amides is 1. The zero-order valence-electron chi connectivity index (χ0n) is 15.7. The fourth-order valence-electron chi connectivity index (χ4n) is 3.21. The van der Waals surface area contributed by atoms with Crippen LogP contribution in [0.15, 0.2) is 41.3 Å². The molecule has 0 aliphatic carbocycles. The number of alkyl halides is 3. The van der Waals surface area contributed by atoms with Crippen LogP contribution in [-0.4, -0.2) is 31.7 Å². The zero-order chi connectivity index (χ0) is 23.0. The third-order valence-corrected chi connectivity index (χ3v) is 7.12. The Morgan fingerprint density at radius 2 is 1.68 bits per heavy atom. The van der Waals surface area contributed by atoms with E-state index in [0.717, 1.165) is 22.5 Å². The standard InChI is InChI=1S/C19H16ClF5N2O3S/c20-15-3-1-12(9-14(15)19(23,24)25)26-18(28)11-5-7-27(8-6-11)31(29,30)13-2-4-16(21)17(22)10-13/h1-4,9-11H,5-8H2,(H,26,28). The monoisotopic (exact) mass is 482 g/mol. The molecule has 1 aliphatic heterocycles. The van der Waals surface area contributed by atoms with Crippen LogP contribution in [0.1, 0.15) is 18.4 Å². The Hall–Kier alpha value is -2.24. The molecule has 1 saturated heterocycles. The highest BCUT2D eigenvalue weighted by Crippen LogP contribution is 2.36. The zero-order valence-corrected chi connectivity index (χ0v) is 17.3. The molecule has 3 rings (SSSR count). The van der Waals surface area contributed by atoms with E-state index < -0.39 is 55.1 Å². The Labute approximate surface area is 179 Å². The number of hydrogen-bond donors (Lipinski definition) is 1. The normalized spacial score (nSPS) is 16.3. The fraction of sp³-hybridized carbons (Fsp3) is 0.316. The van der Waals surface area contributed by atoms with E-state index in [0.29, 0.717) is 12.1 Å². The molecule has 1 heterocycles. The Morgan fingerprint density at radius 1 is 1.03 bits per heavy atom. The van der Waals surface area contributed by atoms with Gasteiger partial charge in [0.05, 0.1) is 15.5 Å². The third kappa shape index (κ3) is 5.16. The summed E-state index contributed by atoms with van der Waals surface area (Å²) < 4.78 is 91.6. The number of carbonyl (C=O) groups excluding carboxylic acids is 1. The van der Waals surface area contributed by atoms with E-state index in [1.54, 1.807) is 0 Å². The quantitative estimate of drug-likeness (QED) is 0.644. The first kappa shape index (κ1) is 23.4. The smallest absolute Gasteiger partial charge is 0.326 e. The lowest BCUT2D eigenvalue weighted by Crippen LogP contribution is -2.41. The van der Waals surface area contributed by atoms with Crippen molar-refractivity contribution in [1.82, 2.24) is 4.31 Å². The lowest BCUT2D eigenvalue weighted by molar-refractivity contribution is -0.137. The van der Waals surface area contributed by atoms with Gasteiger partial charge in [-0.05, 0) is 49.2 Å². The van der Waals surface area contributed by atoms with Crippen LogP contribution in [0.5, 0.6) is 0 Å². The van der Waals surface area contributed by atoms with Crippen molar-refractivity contribution < 1.29 is 35.2 Å². The molecule has 1 amide bonds. The predicted octanol–water partition coefficient (Wildman–Crippen LogP) is 4.68. The first-order valence-corrected chi connectivity index (χ1v) is 10.8. The minimum atomic E-state index is -4.68. The van der Waals surface area contributed by atoms with Crippen LogP contribution in [0.4, 0.5) is 27.6 Å². The lowest BCUT2D eigenvalue weighted by Gasteiger charge is -2.30. The maximum atomic E-state index is 13.4. The van der Waals surface area contributed by atoms with Crippen molar-refractivity contribution in [2.75, 3.05) is 18.4 Å². The number of rotatable bonds is 4.